The number of carbonyl (C=O) groups excluding carboxylic acids is 2. The van der Waals surface area contributed by atoms with Gasteiger partial charge in [0.2, 0.25) is 0 Å². The monoisotopic (exact) mass is 478 g/mol. The second kappa shape index (κ2) is 15.2. The number of unbranched alkanes of at least 4 members (excludes halogenated alkanes) is 1. The SMILES string of the molecule is CC(OC(=O)CCCCC(=O)OC(C)S(=O)OC1CCCCC1)SOC1CCCCC1. The highest BCUT2D eigenvalue weighted by atomic mass is 32.2. The van der Waals surface area contributed by atoms with Crippen LogP contribution in [0.2, 0.25) is 0 Å². The van der Waals surface area contributed by atoms with E-state index in [9.17, 15) is 13.8 Å². The zero-order chi connectivity index (χ0) is 22.5. The van der Waals surface area contributed by atoms with E-state index >= 15 is 0 Å². The van der Waals surface area contributed by atoms with Crippen molar-refractivity contribution in [2.24, 2.45) is 0 Å². The molecule has 2 saturated carbocycles. The Bertz CT molecular complexity index is 560. The fraction of sp³-hybridized carbons (Fsp3) is 0.909. The van der Waals surface area contributed by atoms with E-state index in [1.54, 1.807) is 13.8 Å². The predicted octanol–water partition coefficient (Wildman–Crippen LogP) is 5.34. The molecule has 0 N–H and O–H groups in total. The summed E-state index contributed by atoms with van der Waals surface area (Å²) in [6.07, 6.45) is 12.7. The van der Waals surface area contributed by atoms with Gasteiger partial charge in [0, 0.05) is 24.9 Å². The van der Waals surface area contributed by atoms with E-state index in [0.717, 1.165) is 38.5 Å². The van der Waals surface area contributed by atoms with Crippen LogP contribution in [0.3, 0.4) is 0 Å². The summed E-state index contributed by atoms with van der Waals surface area (Å²) >= 11 is -0.421. The van der Waals surface area contributed by atoms with Crippen molar-refractivity contribution in [1.82, 2.24) is 0 Å². The summed E-state index contributed by atoms with van der Waals surface area (Å²) in [4.78, 5) is 23.9. The molecule has 0 aromatic heterocycles. The van der Waals surface area contributed by atoms with E-state index in [1.165, 1.54) is 37.7 Å². The topological polar surface area (TPSA) is 88.1 Å². The smallest absolute Gasteiger partial charge is 0.307 e. The molecule has 2 aliphatic rings. The molecule has 0 aromatic rings. The van der Waals surface area contributed by atoms with E-state index in [0.29, 0.717) is 12.8 Å². The van der Waals surface area contributed by atoms with Crippen LogP contribution in [0.25, 0.3) is 0 Å². The fourth-order valence-electron chi connectivity index (χ4n) is 3.78. The fourth-order valence-corrected chi connectivity index (χ4v) is 5.23. The molecule has 3 unspecified atom stereocenters. The van der Waals surface area contributed by atoms with Crippen LogP contribution in [-0.4, -0.2) is 39.2 Å². The second-order valence-corrected chi connectivity index (χ2v) is 10.8. The van der Waals surface area contributed by atoms with Crippen molar-refractivity contribution in [1.29, 1.82) is 0 Å². The Morgan fingerprint density at radius 2 is 1.35 bits per heavy atom. The first-order valence-electron chi connectivity index (χ1n) is 11.7. The van der Waals surface area contributed by atoms with Crippen molar-refractivity contribution in [3.05, 3.63) is 0 Å². The molecule has 180 valence electrons. The van der Waals surface area contributed by atoms with Crippen LogP contribution in [-0.2, 0) is 38.5 Å². The third-order valence-electron chi connectivity index (χ3n) is 5.54. The highest BCUT2D eigenvalue weighted by Gasteiger charge is 2.23. The largest absolute Gasteiger partial charge is 0.449 e. The summed E-state index contributed by atoms with van der Waals surface area (Å²) in [6.45, 7) is 3.39. The van der Waals surface area contributed by atoms with E-state index in [1.807, 2.05) is 0 Å². The molecule has 0 bridgehead atoms. The predicted molar refractivity (Wildman–Crippen MR) is 121 cm³/mol. The maximum absolute atomic E-state index is 12.2. The Balaban J connectivity index is 1.49. The molecule has 0 heterocycles. The van der Waals surface area contributed by atoms with Crippen LogP contribution in [0.15, 0.2) is 0 Å². The number of rotatable bonds is 13. The van der Waals surface area contributed by atoms with Gasteiger partial charge in [-0.3, -0.25) is 13.8 Å². The number of hydrogen-bond acceptors (Lipinski definition) is 8. The molecule has 0 saturated heterocycles. The molecule has 0 aromatic carbocycles. The van der Waals surface area contributed by atoms with Crippen molar-refractivity contribution < 1.29 is 31.6 Å². The maximum Gasteiger partial charge on any atom is 0.307 e. The molecular weight excluding hydrogens is 440 g/mol. The Hall–Kier alpha value is -0.640. The van der Waals surface area contributed by atoms with Gasteiger partial charge in [-0.25, -0.2) is 4.21 Å². The molecule has 7 nitrogen and oxygen atoms in total. The van der Waals surface area contributed by atoms with Crippen LogP contribution in [0, 0.1) is 0 Å². The van der Waals surface area contributed by atoms with Crippen molar-refractivity contribution >= 4 is 35.1 Å². The second-order valence-electron chi connectivity index (χ2n) is 8.39. The number of esters is 2. The maximum atomic E-state index is 12.2. The van der Waals surface area contributed by atoms with E-state index in [2.05, 4.69) is 0 Å². The van der Waals surface area contributed by atoms with Crippen molar-refractivity contribution in [3.8, 4) is 0 Å². The van der Waals surface area contributed by atoms with Gasteiger partial charge in [0.05, 0.1) is 12.2 Å². The van der Waals surface area contributed by atoms with Crippen LogP contribution >= 0.6 is 12.0 Å². The van der Waals surface area contributed by atoms with Gasteiger partial charge in [-0.15, -0.1) is 0 Å². The first-order chi connectivity index (χ1) is 14.9. The molecule has 0 amide bonds. The third kappa shape index (κ3) is 11.7. The summed E-state index contributed by atoms with van der Waals surface area (Å²) < 4.78 is 34.0. The first-order valence-corrected chi connectivity index (χ1v) is 13.7. The van der Waals surface area contributed by atoms with Gasteiger partial charge in [0.15, 0.2) is 22.0 Å². The summed E-state index contributed by atoms with van der Waals surface area (Å²) in [6, 6.07) is 0. The lowest BCUT2D eigenvalue weighted by atomic mass is 9.98. The minimum absolute atomic E-state index is 0.00429. The Labute approximate surface area is 193 Å². The summed E-state index contributed by atoms with van der Waals surface area (Å²) in [7, 11) is 0. The minimum atomic E-state index is -1.64. The minimum Gasteiger partial charge on any atom is -0.449 e. The van der Waals surface area contributed by atoms with Crippen LogP contribution < -0.4 is 0 Å². The van der Waals surface area contributed by atoms with Gasteiger partial charge >= 0.3 is 11.9 Å². The summed E-state index contributed by atoms with van der Waals surface area (Å²) in [5.74, 6) is -0.720. The standard InChI is InChI=1S/C22H38O7S2/c1-17(30-28-19-11-5-3-6-12-19)26-21(23)15-9-10-16-22(24)27-18(2)31(25)29-20-13-7-4-8-14-20/h17-20H,3-16H2,1-2H3. The van der Waals surface area contributed by atoms with Crippen LogP contribution in [0.4, 0.5) is 0 Å². The molecule has 2 rings (SSSR count). The van der Waals surface area contributed by atoms with E-state index in [-0.39, 0.29) is 36.5 Å². The zero-order valence-electron chi connectivity index (χ0n) is 18.9. The molecule has 2 fully saturated rings. The number of carbonyl (C=O) groups is 2. The molecular formula is C22H38O7S2. The highest BCUT2D eigenvalue weighted by Crippen LogP contribution is 2.26. The molecule has 0 aliphatic heterocycles. The summed E-state index contributed by atoms with van der Waals surface area (Å²) in [5.41, 5.74) is -1.14. The number of hydrogen-bond donors (Lipinski definition) is 0. The molecule has 0 radical (unpaired) electrons. The van der Waals surface area contributed by atoms with Crippen molar-refractivity contribution in [3.63, 3.8) is 0 Å². The molecule has 3 atom stereocenters. The van der Waals surface area contributed by atoms with Gasteiger partial charge in [0.1, 0.15) is 0 Å². The van der Waals surface area contributed by atoms with Crippen LogP contribution in [0.5, 0.6) is 0 Å². The summed E-state index contributed by atoms with van der Waals surface area (Å²) in [5, 5.41) is 0. The third-order valence-corrected chi connectivity index (χ3v) is 7.39. The lowest BCUT2D eigenvalue weighted by molar-refractivity contribution is -0.147. The highest BCUT2D eigenvalue weighted by molar-refractivity contribution is 7.95. The van der Waals surface area contributed by atoms with Gasteiger partial charge in [-0.1, -0.05) is 38.5 Å². The quantitative estimate of drug-likeness (QED) is 0.152. The Kier molecular flexibility index (Phi) is 13.1. The van der Waals surface area contributed by atoms with Crippen LogP contribution in [0.1, 0.15) is 104 Å². The van der Waals surface area contributed by atoms with Gasteiger partial charge in [-0.2, -0.15) is 0 Å². The van der Waals surface area contributed by atoms with E-state index in [4.69, 9.17) is 17.8 Å². The van der Waals surface area contributed by atoms with Gasteiger partial charge in [-0.05, 0) is 52.4 Å². The molecule has 31 heavy (non-hydrogen) atoms. The lowest BCUT2D eigenvalue weighted by Crippen LogP contribution is -2.26. The first kappa shape index (κ1) is 26.6. The van der Waals surface area contributed by atoms with Crippen molar-refractivity contribution in [2.75, 3.05) is 0 Å². The van der Waals surface area contributed by atoms with Crippen molar-refractivity contribution in [2.45, 2.75) is 127 Å². The number of ether oxygens (including phenoxy) is 2. The average Bonchev–Trinajstić information content (AvgIpc) is 2.76. The van der Waals surface area contributed by atoms with Gasteiger partial charge in [0.25, 0.3) is 0 Å². The Morgan fingerprint density at radius 1 is 0.839 bits per heavy atom. The normalized spacial score (nSPS) is 21.2. The molecule has 0 spiro atoms. The van der Waals surface area contributed by atoms with Gasteiger partial charge < -0.3 is 13.7 Å². The molecule has 2 aliphatic carbocycles. The average molecular weight is 479 g/mol. The molecule has 9 heteroatoms. The Morgan fingerprint density at radius 3 is 1.94 bits per heavy atom. The lowest BCUT2D eigenvalue weighted by Gasteiger charge is -2.22. The zero-order valence-corrected chi connectivity index (χ0v) is 20.5. The van der Waals surface area contributed by atoms with E-state index < -0.39 is 22.5 Å².